The molecule has 0 bridgehead atoms. The lowest BCUT2D eigenvalue weighted by atomic mass is 9.89. The molecule has 0 aliphatic heterocycles. The molecule has 2 aromatic heterocycles. The van der Waals surface area contributed by atoms with Gasteiger partial charge in [0.05, 0.1) is 24.7 Å². The zero-order valence-corrected chi connectivity index (χ0v) is 21.2. The number of nitrogens with zero attached hydrogens (tertiary/aromatic N) is 3. The van der Waals surface area contributed by atoms with Gasteiger partial charge in [-0.2, -0.15) is 0 Å². The van der Waals surface area contributed by atoms with Crippen LogP contribution in [0.2, 0.25) is 5.02 Å². The molecule has 0 fully saturated rings. The molecule has 9 heteroatoms. The number of hydrogen-bond acceptors (Lipinski definition) is 6. The number of aryl methyl sites for hydroxylation is 2. The monoisotopic (exact) mass is 488 g/mol. The second-order valence-corrected chi connectivity index (χ2v) is 10.5. The standard InChI is InChI=1S/C24H29ClN4O3S/c1-13-6-7-15-19(8-13)33-23-22(15)24(31)29(20(27-23)11-28(3)4)12-21(30)26-17-9-14(2)16(25)10-18(17)32-5/h9-10,13H,6-8,11-12H2,1-5H3,(H,26,30). The van der Waals surface area contributed by atoms with Gasteiger partial charge in [-0.05, 0) is 63.4 Å². The van der Waals surface area contributed by atoms with E-state index in [1.165, 1.54) is 16.6 Å². The third-order valence-corrected chi connectivity index (χ3v) is 7.56. The van der Waals surface area contributed by atoms with E-state index in [-0.39, 0.29) is 18.0 Å². The van der Waals surface area contributed by atoms with E-state index in [9.17, 15) is 9.59 Å². The maximum Gasteiger partial charge on any atom is 0.263 e. The van der Waals surface area contributed by atoms with Crippen LogP contribution in [-0.4, -0.2) is 41.6 Å². The van der Waals surface area contributed by atoms with Crippen LogP contribution >= 0.6 is 22.9 Å². The van der Waals surface area contributed by atoms with Crippen molar-refractivity contribution in [3.05, 3.63) is 49.3 Å². The second kappa shape index (κ2) is 9.44. The Balaban J connectivity index is 1.73. The van der Waals surface area contributed by atoms with E-state index in [1.54, 1.807) is 23.5 Å². The Kier molecular flexibility index (Phi) is 6.79. The van der Waals surface area contributed by atoms with Gasteiger partial charge in [0.1, 0.15) is 22.9 Å². The van der Waals surface area contributed by atoms with Crippen LogP contribution in [0, 0.1) is 12.8 Å². The fourth-order valence-corrected chi connectivity index (χ4v) is 5.84. The lowest BCUT2D eigenvalue weighted by Gasteiger charge is -2.18. The average Bonchev–Trinajstić information content (AvgIpc) is 3.10. The van der Waals surface area contributed by atoms with Gasteiger partial charge < -0.3 is 15.0 Å². The van der Waals surface area contributed by atoms with Gasteiger partial charge in [-0.15, -0.1) is 11.3 Å². The minimum atomic E-state index is -0.323. The van der Waals surface area contributed by atoms with Crippen molar-refractivity contribution in [2.24, 2.45) is 5.92 Å². The zero-order chi connectivity index (χ0) is 23.9. The number of hydrogen-bond donors (Lipinski definition) is 1. The van der Waals surface area contributed by atoms with Crippen LogP contribution in [0.15, 0.2) is 16.9 Å². The van der Waals surface area contributed by atoms with Gasteiger partial charge in [-0.1, -0.05) is 18.5 Å². The molecular weight excluding hydrogens is 460 g/mol. The van der Waals surface area contributed by atoms with Crippen LogP contribution < -0.4 is 15.6 Å². The first-order valence-corrected chi connectivity index (χ1v) is 12.2. The molecular formula is C24H29ClN4O3S. The molecule has 0 saturated carbocycles. The number of thiophene rings is 1. The fourth-order valence-electron chi connectivity index (χ4n) is 4.30. The Labute approximate surface area is 202 Å². The van der Waals surface area contributed by atoms with E-state index in [0.29, 0.717) is 40.1 Å². The number of fused-ring (bicyclic) bond motifs is 3. The van der Waals surface area contributed by atoms with E-state index < -0.39 is 0 Å². The van der Waals surface area contributed by atoms with Crippen molar-refractivity contribution >= 4 is 44.7 Å². The van der Waals surface area contributed by atoms with Crippen LogP contribution in [0.4, 0.5) is 5.69 Å². The summed E-state index contributed by atoms with van der Waals surface area (Å²) in [4.78, 5) is 35.5. The normalized spacial score (nSPS) is 15.7. The summed E-state index contributed by atoms with van der Waals surface area (Å²) >= 11 is 7.81. The number of rotatable bonds is 6. The van der Waals surface area contributed by atoms with Crippen LogP contribution in [0.1, 0.15) is 35.2 Å². The molecule has 1 aliphatic carbocycles. The Morgan fingerprint density at radius 3 is 2.85 bits per heavy atom. The third kappa shape index (κ3) is 4.78. The van der Waals surface area contributed by atoms with Gasteiger partial charge in [0.25, 0.3) is 5.56 Å². The molecule has 1 unspecified atom stereocenters. The van der Waals surface area contributed by atoms with Crippen molar-refractivity contribution < 1.29 is 9.53 Å². The van der Waals surface area contributed by atoms with Gasteiger partial charge in [0, 0.05) is 16.0 Å². The van der Waals surface area contributed by atoms with Gasteiger partial charge in [-0.3, -0.25) is 14.2 Å². The van der Waals surface area contributed by atoms with E-state index in [4.69, 9.17) is 21.3 Å². The summed E-state index contributed by atoms with van der Waals surface area (Å²) in [6.45, 7) is 4.43. The quantitative estimate of drug-likeness (QED) is 0.561. The summed E-state index contributed by atoms with van der Waals surface area (Å²) < 4.78 is 6.88. The number of amides is 1. The smallest absolute Gasteiger partial charge is 0.263 e. The number of anilines is 1. The molecule has 33 heavy (non-hydrogen) atoms. The van der Waals surface area contributed by atoms with Gasteiger partial charge in [0.15, 0.2) is 0 Å². The van der Waals surface area contributed by atoms with Gasteiger partial charge in [-0.25, -0.2) is 4.98 Å². The highest BCUT2D eigenvalue weighted by Crippen LogP contribution is 2.36. The summed E-state index contributed by atoms with van der Waals surface area (Å²) in [7, 11) is 5.36. The van der Waals surface area contributed by atoms with Crippen molar-refractivity contribution in [1.29, 1.82) is 0 Å². The topological polar surface area (TPSA) is 76.5 Å². The van der Waals surface area contributed by atoms with Crippen LogP contribution in [0.5, 0.6) is 5.75 Å². The zero-order valence-electron chi connectivity index (χ0n) is 19.6. The van der Waals surface area contributed by atoms with E-state index in [0.717, 1.165) is 35.2 Å². The molecule has 1 aromatic carbocycles. The average molecular weight is 489 g/mol. The van der Waals surface area contributed by atoms with Crippen molar-refractivity contribution in [1.82, 2.24) is 14.5 Å². The highest BCUT2D eigenvalue weighted by atomic mass is 35.5. The third-order valence-electron chi connectivity index (χ3n) is 6.01. The predicted octanol–water partition coefficient (Wildman–Crippen LogP) is 4.25. The maximum absolute atomic E-state index is 13.6. The number of aromatic nitrogens is 2. The number of methoxy groups -OCH3 is 1. The lowest BCUT2D eigenvalue weighted by molar-refractivity contribution is -0.116. The first-order valence-electron chi connectivity index (χ1n) is 11.0. The Morgan fingerprint density at radius 1 is 1.39 bits per heavy atom. The largest absolute Gasteiger partial charge is 0.495 e. The summed E-state index contributed by atoms with van der Waals surface area (Å²) in [5.41, 5.74) is 2.31. The molecule has 1 amide bonds. The number of nitrogens with one attached hydrogen (secondary N) is 1. The number of benzene rings is 1. The first-order chi connectivity index (χ1) is 15.7. The van der Waals surface area contributed by atoms with Gasteiger partial charge in [0.2, 0.25) is 5.91 Å². The molecule has 1 N–H and O–H groups in total. The summed E-state index contributed by atoms with van der Waals surface area (Å²) in [5, 5.41) is 4.11. The van der Waals surface area contributed by atoms with Crippen molar-refractivity contribution in [2.75, 3.05) is 26.5 Å². The summed E-state index contributed by atoms with van der Waals surface area (Å²) in [6.07, 6.45) is 2.93. The molecule has 2 heterocycles. The molecule has 1 aliphatic rings. The van der Waals surface area contributed by atoms with Crippen molar-refractivity contribution in [2.45, 2.75) is 46.2 Å². The SMILES string of the molecule is COc1cc(Cl)c(C)cc1NC(=O)Cn1c(CN(C)C)nc2sc3c(c2c1=O)CCC(C)C3. The number of carbonyl (C=O) groups is 1. The summed E-state index contributed by atoms with van der Waals surface area (Å²) in [6, 6.07) is 3.43. The molecule has 1 atom stereocenters. The predicted molar refractivity (Wildman–Crippen MR) is 134 cm³/mol. The minimum Gasteiger partial charge on any atom is -0.495 e. The van der Waals surface area contributed by atoms with Crippen LogP contribution in [0.25, 0.3) is 10.2 Å². The van der Waals surface area contributed by atoms with E-state index in [2.05, 4.69) is 12.2 Å². The lowest BCUT2D eigenvalue weighted by Crippen LogP contribution is -2.33. The number of carbonyl (C=O) groups excluding carboxylic acids is 1. The highest BCUT2D eigenvalue weighted by molar-refractivity contribution is 7.18. The Bertz CT molecular complexity index is 1280. The molecule has 176 valence electrons. The molecule has 0 spiro atoms. The molecule has 0 saturated heterocycles. The van der Waals surface area contributed by atoms with E-state index >= 15 is 0 Å². The van der Waals surface area contributed by atoms with Crippen molar-refractivity contribution in [3.8, 4) is 5.75 Å². The number of ether oxygens (including phenoxy) is 1. The van der Waals surface area contributed by atoms with E-state index in [1.807, 2.05) is 25.9 Å². The molecule has 7 nitrogen and oxygen atoms in total. The van der Waals surface area contributed by atoms with Gasteiger partial charge >= 0.3 is 0 Å². The molecule has 0 radical (unpaired) electrons. The first kappa shape index (κ1) is 23.7. The Hall–Kier alpha value is -2.42. The second-order valence-electron chi connectivity index (χ2n) is 9.04. The van der Waals surface area contributed by atoms with Crippen LogP contribution in [0.3, 0.4) is 0 Å². The molecule has 4 rings (SSSR count). The fraction of sp³-hybridized carbons (Fsp3) is 0.458. The minimum absolute atomic E-state index is 0.128. The Morgan fingerprint density at radius 2 is 2.15 bits per heavy atom. The number of halogens is 1. The summed E-state index contributed by atoms with van der Waals surface area (Å²) in [5.74, 6) is 1.33. The van der Waals surface area contributed by atoms with Crippen molar-refractivity contribution in [3.63, 3.8) is 0 Å². The molecule has 3 aromatic rings. The highest BCUT2D eigenvalue weighted by Gasteiger charge is 2.25. The maximum atomic E-state index is 13.6. The van der Waals surface area contributed by atoms with Crippen LogP contribution in [-0.2, 0) is 30.7 Å².